The molecule has 1 aliphatic heterocycles. The summed E-state index contributed by atoms with van der Waals surface area (Å²) in [5, 5.41) is 0.670. The molecule has 0 atom stereocenters. The number of fused-ring (bicyclic) bond motifs is 1. The number of halogens is 1. The molecule has 0 spiro atoms. The van der Waals surface area contributed by atoms with E-state index in [2.05, 4.69) is 11.9 Å². The minimum absolute atomic E-state index is 0.0666. The van der Waals surface area contributed by atoms with Gasteiger partial charge in [0.25, 0.3) is 10.1 Å². The summed E-state index contributed by atoms with van der Waals surface area (Å²) in [5.74, 6) is 0.979. The van der Waals surface area contributed by atoms with E-state index in [1.165, 1.54) is 19.2 Å². The van der Waals surface area contributed by atoms with Crippen molar-refractivity contribution in [2.45, 2.75) is 41.1 Å². The van der Waals surface area contributed by atoms with Crippen molar-refractivity contribution in [2.75, 3.05) is 27.2 Å². The van der Waals surface area contributed by atoms with Crippen LogP contribution in [0.3, 0.4) is 0 Å². The highest BCUT2D eigenvalue weighted by Crippen LogP contribution is 2.34. The molecule has 4 aromatic carbocycles. The molecular weight excluding hydrogens is 610 g/mol. The van der Waals surface area contributed by atoms with Crippen LogP contribution in [0.15, 0.2) is 99.6 Å². The van der Waals surface area contributed by atoms with Crippen molar-refractivity contribution in [3.05, 3.63) is 112 Å². The van der Waals surface area contributed by atoms with Gasteiger partial charge in [-0.05, 0) is 104 Å². The first-order chi connectivity index (χ1) is 20.4. The summed E-state index contributed by atoms with van der Waals surface area (Å²) < 4.78 is 67.7. The molecule has 43 heavy (non-hydrogen) atoms. The fourth-order valence-electron chi connectivity index (χ4n) is 4.51. The quantitative estimate of drug-likeness (QED) is 0.243. The first-order valence-electron chi connectivity index (χ1n) is 13.5. The number of sulfone groups is 1. The summed E-state index contributed by atoms with van der Waals surface area (Å²) in [5.41, 5.74) is 4.15. The van der Waals surface area contributed by atoms with E-state index in [-0.39, 0.29) is 14.7 Å². The number of benzene rings is 4. The molecule has 5 rings (SSSR count). The molecule has 228 valence electrons. The van der Waals surface area contributed by atoms with Gasteiger partial charge in [-0.1, -0.05) is 41.4 Å². The summed E-state index contributed by atoms with van der Waals surface area (Å²) >= 11 is 5.91. The lowest BCUT2D eigenvalue weighted by Gasteiger charge is -2.15. The van der Waals surface area contributed by atoms with Crippen molar-refractivity contribution in [1.29, 1.82) is 0 Å². The van der Waals surface area contributed by atoms with E-state index < -0.39 is 20.0 Å². The zero-order chi connectivity index (χ0) is 31.2. The molecule has 0 saturated heterocycles. The summed E-state index contributed by atoms with van der Waals surface area (Å²) in [6.07, 6.45) is 1.69. The van der Waals surface area contributed by atoms with Crippen molar-refractivity contribution in [3.63, 3.8) is 0 Å². The van der Waals surface area contributed by atoms with Crippen LogP contribution in [-0.2, 0) is 39.4 Å². The molecule has 0 saturated carbocycles. The minimum Gasteiger partial charge on any atom is -0.495 e. The summed E-state index contributed by atoms with van der Waals surface area (Å²) in [7, 11) is -4.17. The first kappa shape index (κ1) is 32.5. The molecule has 1 heterocycles. The maximum Gasteiger partial charge on any atom is 0.294 e. The van der Waals surface area contributed by atoms with Gasteiger partial charge in [-0.3, -0.25) is 4.55 Å². The van der Waals surface area contributed by atoms with Crippen molar-refractivity contribution >= 4 is 31.6 Å². The average molecular weight is 644 g/mol. The third-order valence-electron chi connectivity index (χ3n) is 7.07. The Morgan fingerprint density at radius 3 is 1.93 bits per heavy atom. The molecule has 1 aliphatic rings. The smallest absolute Gasteiger partial charge is 0.294 e. The van der Waals surface area contributed by atoms with Crippen LogP contribution in [0.25, 0.3) is 0 Å². The molecule has 1 N–H and O–H groups in total. The van der Waals surface area contributed by atoms with Crippen molar-refractivity contribution in [2.24, 2.45) is 0 Å². The second-order valence-electron chi connectivity index (χ2n) is 10.3. The van der Waals surface area contributed by atoms with E-state index in [1.807, 2.05) is 37.3 Å². The highest BCUT2D eigenvalue weighted by atomic mass is 35.5. The highest BCUT2D eigenvalue weighted by molar-refractivity contribution is 7.91. The van der Waals surface area contributed by atoms with Gasteiger partial charge in [0.05, 0.1) is 16.9 Å². The number of rotatable bonds is 7. The van der Waals surface area contributed by atoms with Crippen molar-refractivity contribution < 1.29 is 30.9 Å². The highest BCUT2D eigenvalue weighted by Gasteiger charge is 2.25. The number of hydrogen-bond acceptors (Lipinski definition) is 7. The van der Waals surface area contributed by atoms with Crippen LogP contribution >= 0.6 is 11.6 Å². The summed E-state index contributed by atoms with van der Waals surface area (Å²) in [4.78, 5) is 2.60. The standard InChI is InChI=1S/C25H26ClNO4S.C7H8O3S/c1-27-13-11-19-15-24(30-2)25(16-20(19)12-14-27)32(28,29)23-9-7-22(8-10-23)31-17-18-3-5-21(26)6-4-18;1-6-2-4-7(5-3-6)11(8,9)10/h3-10,15-16H,11-14,17H2,1-2H3;2-5H,1H3,(H,8,9,10). The van der Waals surface area contributed by atoms with Crippen LogP contribution in [0.2, 0.25) is 5.02 Å². The Balaban J connectivity index is 0.000000324. The Hall–Kier alpha value is -3.41. The maximum absolute atomic E-state index is 13.4. The number of hydrogen-bond donors (Lipinski definition) is 1. The molecule has 0 bridgehead atoms. The van der Waals surface area contributed by atoms with Crippen LogP contribution < -0.4 is 9.47 Å². The van der Waals surface area contributed by atoms with Gasteiger partial charge in [-0.25, -0.2) is 8.42 Å². The second-order valence-corrected chi connectivity index (χ2v) is 14.0. The molecule has 0 amide bonds. The van der Waals surface area contributed by atoms with Gasteiger partial charge in [0.15, 0.2) is 0 Å². The van der Waals surface area contributed by atoms with Crippen LogP contribution in [0.4, 0.5) is 0 Å². The van der Waals surface area contributed by atoms with Gasteiger partial charge in [0.1, 0.15) is 23.0 Å². The van der Waals surface area contributed by atoms with Crippen molar-refractivity contribution in [1.82, 2.24) is 4.90 Å². The summed E-state index contributed by atoms with van der Waals surface area (Å²) in [6.45, 7) is 4.06. The van der Waals surface area contributed by atoms with E-state index >= 15 is 0 Å². The molecule has 0 aromatic heterocycles. The molecule has 8 nitrogen and oxygen atoms in total. The number of aryl methyl sites for hydroxylation is 1. The lowest BCUT2D eigenvalue weighted by Crippen LogP contribution is -2.20. The maximum atomic E-state index is 13.4. The molecule has 0 fully saturated rings. The Morgan fingerprint density at radius 2 is 1.37 bits per heavy atom. The van der Waals surface area contributed by atoms with E-state index in [0.717, 1.165) is 48.2 Å². The molecule has 0 aliphatic carbocycles. The predicted octanol–water partition coefficient (Wildman–Crippen LogP) is 6.03. The van der Waals surface area contributed by atoms with E-state index in [9.17, 15) is 16.8 Å². The van der Waals surface area contributed by atoms with Gasteiger partial charge >= 0.3 is 0 Å². The molecule has 0 radical (unpaired) electrons. The number of methoxy groups -OCH3 is 1. The third kappa shape index (κ3) is 8.58. The van der Waals surface area contributed by atoms with Gasteiger partial charge in [0, 0.05) is 18.1 Å². The topological polar surface area (TPSA) is 110 Å². The fourth-order valence-corrected chi connectivity index (χ4v) is 6.57. The van der Waals surface area contributed by atoms with Gasteiger partial charge in [0.2, 0.25) is 9.84 Å². The normalized spacial score (nSPS) is 13.7. The molecule has 4 aromatic rings. The molecule has 11 heteroatoms. The molecule has 0 unspecified atom stereocenters. The van der Waals surface area contributed by atoms with E-state index in [1.54, 1.807) is 42.5 Å². The average Bonchev–Trinajstić information content (AvgIpc) is 3.17. The SMILES string of the molecule is COc1cc2c(cc1S(=O)(=O)c1ccc(OCc3ccc(Cl)cc3)cc1)CCN(C)CC2.Cc1ccc(S(=O)(=O)O)cc1. The Labute approximate surface area is 258 Å². The van der Waals surface area contributed by atoms with Gasteiger partial charge in [-0.15, -0.1) is 0 Å². The zero-order valence-corrected chi connectivity index (χ0v) is 26.5. The van der Waals surface area contributed by atoms with Crippen LogP contribution in [0, 0.1) is 6.92 Å². The molecular formula is C32H34ClNO7S2. The lowest BCUT2D eigenvalue weighted by atomic mass is 10.0. The Kier molecular flexibility index (Phi) is 10.5. The number of ether oxygens (including phenoxy) is 2. The van der Waals surface area contributed by atoms with Crippen LogP contribution in [0.1, 0.15) is 22.3 Å². The summed E-state index contributed by atoms with van der Waals surface area (Å²) in [6, 6.07) is 23.6. The number of likely N-dealkylation sites (N-methyl/N-ethyl adjacent to an activating group) is 1. The van der Waals surface area contributed by atoms with Gasteiger partial charge in [-0.2, -0.15) is 8.42 Å². The predicted molar refractivity (Wildman–Crippen MR) is 167 cm³/mol. The Morgan fingerprint density at radius 1 is 0.814 bits per heavy atom. The van der Waals surface area contributed by atoms with Crippen LogP contribution in [-0.4, -0.2) is 53.5 Å². The monoisotopic (exact) mass is 643 g/mol. The lowest BCUT2D eigenvalue weighted by molar-refractivity contribution is 0.306. The largest absolute Gasteiger partial charge is 0.495 e. The van der Waals surface area contributed by atoms with E-state index in [0.29, 0.717) is 23.1 Å². The Bertz CT molecular complexity index is 1760. The van der Waals surface area contributed by atoms with E-state index in [4.69, 9.17) is 25.6 Å². The van der Waals surface area contributed by atoms with Crippen molar-refractivity contribution in [3.8, 4) is 11.5 Å². The minimum atomic E-state index is -4.02. The zero-order valence-electron chi connectivity index (χ0n) is 24.2. The fraction of sp³-hybridized carbons (Fsp3) is 0.250. The number of nitrogens with zero attached hydrogens (tertiary/aromatic N) is 1. The second kappa shape index (κ2) is 13.9. The first-order valence-corrected chi connectivity index (χ1v) is 16.8. The third-order valence-corrected chi connectivity index (χ3v) is 9.98. The van der Waals surface area contributed by atoms with Gasteiger partial charge < -0.3 is 14.4 Å². The van der Waals surface area contributed by atoms with Crippen LogP contribution in [0.5, 0.6) is 11.5 Å².